The zero-order chi connectivity index (χ0) is 11.1. The van der Waals surface area contributed by atoms with E-state index in [1.165, 1.54) is 0 Å². The first kappa shape index (κ1) is 10.9. The topological polar surface area (TPSA) is 52.6 Å². The summed E-state index contributed by atoms with van der Waals surface area (Å²) in [5, 5.41) is 0.295. The van der Waals surface area contributed by atoms with Gasteiger partial charge in [0.15, 0.2) is 11.5 Å². The minimum absolute atomic E-state index is 0.0605. The van der Waals surface area contributed by atoms with Gasteiger partial charge < -0.3 is 9.47 Å². The summed E-state index contributed by atoms with van der Waals surface area (Å²) in [5.74, 6) is 0.460. The minimum atomic E-state index is -3.67. The predicted molar refractivity (Wildman–Crippen MR) is 56.1 cm³/mol. The molecule has 0 bridgehead atoms. The zero-order valence-corrected chi connectivity index (χ0v) is 9.69. The van der Waals surface area contributed by atoms with Crippen LogP contribution in [0.3, 0.4) is 0 Å². The van der Waals surface area contributed by atoms with Crippen molar-refractivity contribution in [1.29, 1.82) is 0 Å². The number of fused-ring (bicyclic) bond motifs is 1. The molecule has 2 rings (SSSR count). The Kier molecular flexibility index (Phi) is 2.70. The molecular formula is C8H6Cl2O4S. The summed E-state index contributed by atoms with van der Waals surface area (Å²) in [6.45, 7) is 0.0605. The lowest BCUT2D eigenvalue weighted by molar-refractivity contribution is 0.173. The van der Waals surface area contributed by atoms with E-state index in [1.54, 1.807) is 12.1 Å². The van der Waals surface area contributed by atoms with E-state index in [0.29, 0.717) is 22.1 Å². The van der Waals surface area contributed by atoms with E-state index in [2.05, 4.69) is 0 Å². The number of benzene rings is 1. The molecule has 4 nitrogen and oxygen atoms in total. The van der Waals surface area contributed by atoms with Crippen molar-refractivity contribution in [2.45, 2.75) is 5.75 Å². The Morgan fingerprint density at radius 1 is 1.33 bits per heavy atom. The number of hydrogen-bond acceptors (Lipinski definition) is 4. The van der Waals surface area contributed by atoms with Crippen molar-refractivity contribution >= 4 is 31.3 Å². The zero-order valence-electron chi connectivity index (χ0n) is 7.37. The van der Waals surface area contributed by atoms with Crippen LogP contribution in [0, 0.1) is 0 Å². The maximum absolute atomic E-state index is 11.0. The van der Waals surface area contributed by atoms with E-state index < -0.39 is 9.05 Å². The molecule has 0 atom stereocenters. The van der Waals surface area contributed by atoms with Crippen molar-refractivity contribution in [3.8, 4) is 11.5 Å². The smallest absolute Gasteiger partial charge is 0.236 e. The van der Waals surface area contributed by atoms with Crippen LogP contribution < -0.4 is 9.47 Å². The van der Waals surface area contributed by atoms with Crippen molar-refractivity contribution in [3.05, 3.63) is 22.7 Å². The van der Waals surface area contributed by atoms with Gasteiger partial charge in [0.1, 0.15) is 0 Å². The highest BCUT2D eigenvalue weighted by Gasteiger charge is 2.23. The van der Waals surface area contributed by atoms with Gasteiger partial charge in [-0.05, 0) is 12.1 Å². The van der Waals surface area contributed by atoms with Crippen LogP contribution in [0.25, 0.3) is 0 Å². The molecular weight excluding hydrogens is 263 g/mol. The molecule has 1 aliphatic rings. The van der Waals surface area contributed by atoms with Gasteiger partial charge >= 0.3 is 0 Å². The number of ether oxygens (including phenoxy) is 2. The molecule has 0 fully saturated rings. The molecule has 1 aliphatic heterocycles. The second kappa shape index (κ2) is 3.73. The Balaban J connectivity index is 2.50. The van der Waals surface area contributed by atoms with Crippen molar-refractivity contribution in [3.63, 3.8) is 0 Å². The summed E-state index contributed by atoms with van der Waals surface area (Å²) in [6.07, 6.45) is 0. The molecule has 0 aliphatic carbocycles. The molecule has 1 aromatic carbocycles. The van der Waals surface area contributed by atoms with Gasteiger partial charge in [-0.25, -0.2) is 8.42 Å². The van der Waals surface area contributed by atoms with E-state index in [4.69, 9.17) is 31.8 Å². The molecule has 0 unspecified atom stereocenters. The highest BCUT2D eigenvalue weighted by Crippen LogP contribution is 2.40. The fourth-order valence-corrected chi connectivity index (χ4v) is 2.57. The third kappa shape index (κ3) is 2.30. The largest absolute Gasteiger partial charge is 0.454 e. The number of rotatable bonds is 2. The molecule has 0 spiro atoms. The summed E-state index contributed by atoms with van der Waals surface area (Å²) in [5.41, 5.74) is 0.335. The molecule has 0 saturated heterocycles. The Bertz CT molecular complexity index is 498. The van der Waals surface area contributed by atoms with E-state index >= 15 is 0 Å². The fraction of sp³-hybridized carbons (Fsp3) is 0.250. The first-order chi connectivity index (χ1) is 6.97. The average molecular weight is 269 g/mol. The molecule has 0 aromatic heterocycles. The van der Waals surface area contributed by atoms with Gasteiger partial charge in [-0.3, -0.25) is 0 Å². The maximum Gasteiger partial charge on any atom is 0.236 e. The van der Waals surface area contributed by atoms with Crippen LogP contribution in [0.4, 0.5) is 0 Å². The molecule has 0 amide bonds. The average Bonchev–Trinajstić information content (AvgIpc) is 2.56. The third-order valence-electron chi connectivity index (χ3n) is 1.90. The lowest BCUT2D eigenvalue weighted by atomic mass is 10.2. The summed E-state index contributed by atoms with van der Waals surface area (Å²) in [7, 11) is 1.49. The minimum Gasteiger partial charge on any atom is -0.454 e. The standard InChI is InChI=1S/C8H6Cl2O4S/c9-6-1-2-7-8(14-4-13-7)5(6)3-15(10,11)12/h1-2H,3-4H2. The first-order valence-electron chi connectivity index (χ1n) is 3.97. The Hall–Kier alpha value is -0.650. The van der Waals surface area contributed by atoms with E-state index in [0.717, 1.165) is 0 Å². The van der Waals surface area contributed by atoms with Crippen molar-refractivity contribution in [2.24, 2.45) is 0 Å². The molecule has 7 heteroatoms. The van der Waals surface area contributed by atoms with Gasteiger partial charge in [0.05, 0.1) is 5.75 Å². The van der Waals surface area contributed by atoms with E-state index in [9.17, 15) is 8.42 Å². The second-order valence-corrected chi connectivity index (χ2v) is 6.13. The summed E-state index contributed by atoms with van der Waals surface area (Å²) in [6, 6.07) is 3.17. The van der Waals surface area contributed by atoms with Gasteiger partial charge in [0, 0.05) is 21.3 Å². The monoisotopic (exact) mass is 268 g/mol. The van der Waals surface area contributed by atoms with Gasteiger partial charge in [0.25, 0.3) is 0 Å². The van der Waals surface area contributed by atoms with Crippen LogP contribution in [0.2, 0.25) is 5.02 Å². The molecule has 82 valence electrons. The molecule has 1 heterocycles. The highest BCUT2D eigenvalue weighted by molar-refractivity contribution is 8.13. The Labute approximate surface area is 96.1 Å². The lowest BCUT2D eigenvalue weighted by Crippen LogP contribution is -1.99. The van der Waals surface area contributed by atoms with Gasteiger partial charge in [-0.15, -0.1) is 0 Å². The molecule has 0 saturated carbocycles. The van der Waals surface area contributed by atoms with Crippen molar-refractivity contribution < 1.29 is 17.9 Å². The third-order valence-corrected chi connectivity index (χ3v) is 3.22. The molecule has 15 heavy (non-hydrogen) atoms. The SMILES string of the molecule is O=S(=O)(Cl)Cc1c(Cl)ccc2c1OCO2. The van der Waals surface area contributed by atoms with Gasteiger partial charge in [-0.1, -0.05) is 11.6 Å². The normalized spacial score (nSPS) is 14.3. The van der Waals surface area contributed by atoms with Crippen LogP contribution in [0.15, 0.2) is 12.1 Å². The lowest BCUT2D eigenvalue weighted by Gasteiger charge is -2.05. The summed E-state index contributed by atoms with van der Waals surface area (Å²) >= 11 is 5.86. The molecule has 0 N–H and O–H groups in total. The Morgan fingerprint density at radius 3 is 2.73 bits per heavy atom. The van der Waals surface area contributed by atoms with Crippen LogP contribution in [-0.4, -0.2) is 15.2 Å². The summed E-state index contributed by atoms with van der Waals surface area (Å²) < 4.78 is 32.1. The molecule has 0 radical (unpaired) electrons. The Morgan fingerprint density at radius 2 is 2.07 bits per heavy atom. The van der Waals surface area contributed by atoms with E-state index in [1.807, 2.05) is 0 Å². The van der Waals surface area contributed by atoms with E-state index in [-0.39, 0.29) is 12.5 Å². The quantitative estimate of drug-likeness (QED) is 0.772. The first-order valence-corrected chi connectivity index (χ1v) is 6.82. The number of halogens is 2. The van der Waals surface area contributed by atoms with Gasteiger partial charge in [0.2, 0.25) is 15.8 Å². The predicted octanol–water partition coefficient (Wildman–Crippen LogP) is 2.14. The van der Waals surface area contributed by atoms with Crippen LogP contribution in [0.1, 0.15) is 5.56 Å². The van der Waals surface area contributed by atoms with Gasteiger partial charge in [-0.2, -0.15) is 0 Å². The number of hydrogen-bond donors (Lipinski definition) is 0. The highest BCUT2D eigenvalue weighted by atomic mass is 35.7. The summed E-state index contributed by atoms with van der Waals surface area (Å²) in [4.78, 5) is 0. The molecule has 1 aromatic rings. The second-order valence-electron chi connectivity index (χ2n) is 2.94. The van der Waals surface area contributed by atoms with Crippen molar-refractivity contribution in [1.82, 2.24) is 0 Å². The van der Waals surface area contributed by atoms with Crippen LogP contribution in [-0.2, 0) is 14.8 Å². The van der Waals surface area contributed by atoms with Crippen LogP contribution in [0.5, 0.6) is 11.5 Å². The fourth-order valence-electron chi connectivity index (χ4n) is 1.31. The van der Waals surface area contributed by atoms with Crippen LogP contribution >= 0.6 is 22.3 Å². The maximum atomic E-state index is 11.0. The van der Waals surface area contributed by atoms with Crippen molar-refractivity contribution in [2.75, 3.05) is 6.79 Å².